The van der Waals surface area contributed by atoms with E-state index in [2.05, 4.69) is 0 Å². The van der Waals surface area contributed by atoms with Crippen LogP contribution < -0.4 is 0 Å². The molecule has 1 aliphatic heterocycles. The number of halogens is 3. The van der Waals surface area contributed by atoms with Crippen LogP contribution >= 0.6 is 0 Å². The van der Waals surface area contributed by atoms with Gasteiger partial charge < -0.3 is 9.64 Å². The van der Waals surface area contributed by atoms with Gasteiger partial charge in [0.15, 0.2) is 6.61 Å². The van der Waals surface area contributed by atoms with E-state index in [0.29, 0.717) is 18.7 Å². The van der Waals surface area contributed by atoms with Crippen LogP contribution in [0, 0.1) is 0 Å². The summed E-state index contributed by atoms with van der Waals surface area (Å²) >= 11 is 0. The van der Waals surface area contributed by atoms with Gasteiger partial charge in [0, 0.05) is 13.1 Å². The molecule has 0 spiro atoms. The molecule has 7 heteroatoms. The van der Waals surface area contributed by atoms with Gasteiger partial charge in [0.2, 0.25) is 0 Å². The molecule has 3 rings (SSSR count). The van der Waals surface area contributed by atoms with Gasteiger partial charge in [0.25, 0.3) is 5.91 Å². The van der Waals surface area contributed by atoms with E-state index in [0.717, 1.165) is 24.1 Å². The number of carbonyl (C=O) groups excluding carboxylic acids is 2. The molecular formula is C20H18F3NO3. The van der Waals surface area contributed by atoms with Gasteiger partial charge in [0.1, 0.15) is 0 Å². The number of rotatable bonds is 4. The van der Waals surface area contributed by atoms with Gasteiger partial charge in [-0.1, -0.05) is 36.4 Å². The van der Waals surface area contributed by atoms with E-state index in [4.69, 9.17) is 4.74 Å². The number of amides is 1. The second-order valence-corrected chi connectivity index (χ2v) is 6.37. The van der Waals surface area contributed by atoms with Crippen LogP contribution in [0.1, 0.15) is 22.3 Å². The Bertz CT molecular complexity index is 831. The Labute approximate surface area is 154 Å². The predicted octanol–water partition coefficient (Wildman–Crippen LogP) is 3.38. The summed E-state index contributed by atoms with van der Waals surface area (Å²) in [5.41, 5.74) is 1.90. The molecule has 27 heavy (non-hydrogen) atoms. The van der Waals surface area contributed by atoms with Crippen LogP contribution in [0.2, 0.25) is 0 Å². The van der Waals surface area contributed by atoms with Gasteiger partial charge in [-0.05, 0) is 35.2 Å². The number of nitrogens with zero attached hydrogens (tertiary/aromatic N) is 1. The molecule has 0 fully saturated rings. The number of alkyl halides is 3. The summed E-state index contributed by atoms with van der Waals surface area (Å²) in [6.07, 6.45) is -3.85. The lowest BCUT2D eigenvalue weighted by atomic mass is 10.00. The Morgan fingerprint density at radius 1 is 1.00 bits per heavy atom. The number of carbonyl (C=O) groups is 2. The Kier molecular flexibility index (Phi) is 5.48. The molecule has 2 aromatic carbocycles. The molecule has 142 valence electrons. The molecule has 0 atom stereocenters. The summed E-state index contributed by atoms with van der Waals surface area (Å²) in [7, 11) is 0. The molecule has 1 amide bonds. The number of benzene rings is 2. The second kappa shape index (κ2) is 7.82. The molecule has 0 unspecified atom stereocenters. The number of hydrogen-bond acceptors (Lipinski definition) is 3. The van der Waals surface area contributed by atoms with Gasteiger partial charge in [0.05, 0.1) is 12.0 Å². The van der Waals surface area contributed by atoms with Crippen molar-refractivity contribution < 1.29 is 27.5 Å². The normalized spacial score (nSPS) is 13.8. The van der Waals surface area contributed by atoms with Crippen molar-refractivity contribution in [1.82, 2.24) is 4.90 Å². The number of hydrogen-bond donors (Lipinski definition) is 0. The summed E-state index contributed by atoms with van der Waals surface area (Å²) in [5, 5.41) is 0. The average molecular weight is 377 g/mol. The summed E-state index contributed by atoms with van der Waals surface area (Å²) in [6, 6.07) is 12.2. The summed E-state index contributed by atoms with van der Waals surface area (Å²) in [6.45, 7) is 0.666. The highest BCUT2D eigenvalue weighted by molar-refractivity contribution is 5.81. The van der Waals surface area contributed by atoms with Crippen molar-refractivity contribution in [3.8, 4) is 0 Å². The monoisotopic (exact) mass is 377 g/mol. The smallest absolute Gasteiger partial charge is 0.416 e. The van der Waals surface area contributed by atoms with Gasteiger partial charge in [-0.25, -0.2) is 0 Å². The first-order chi connectivity index (χ1) is 12.8. The van der Waals surface area contributed by atoms with Crippen LogP contribution in [0.25, 0.3) is 0 Å². The van der Waals surface area contributed by atoms with E-state index in [-0.39, 0.29) is 18.9 Å². The SMILES string of the molecule is O=C(Cc1ccc(C(F)(F)F)cc1)OCC(=O)N1CCc2ccccc2C1. The van der Waals surface area contributed by atoms with E-state index in [1.165, 1.54) is 17.7 Å². The lowest BCUT2D eigenvalue weighted by Crippen LogP contribution is -2.38. The van der Waals surface area contributed by atoms with Gasteiger partial charge in [-0.15, -0.1) is 0 Å². The van der Waals surface area contributed by atoms with Crippen molar-refractivity contribution in [2.24, 2.45) is 0 Å². The lowest BCUT2D eigenvalue weighted by molar-refractivity contribution is -0.151. The maximum Gasteiger partial charge on any atom is 0.416 e. The summed E-state index contributed by atoms with van der Waals surface area (Å²) in [4.78, 5) is 25.7. The van der Waals surface area contributed by atoms with Gasteiger partial charge in [-0.2, -0.15) is 13.2 Å². The van der Waals surface area contributed by atoms with Crippen LogP contribution in [0.4, 0.5) is 13.2 Å². The van der Waals surface area contributed by atoms with Crippen LogP contribution in [0.3, 0.4) is 0 Å². The first-order valence-corrected chi connectivity index (χ1v) is 8.49. The zero-order chi connectivity index (χ0) is 19.4. The van der Waals surface area contributed by atoms with E-state index < -0.39 is 17.7 Å². The van der Waals surface area contributed by atoms with E-state index in [9.17, 15) is 22.8 Å². The van der Waals surface area contributed by atoms with Crippen LogP contribution in [-0.4, -0.2) is 29.9 Å². The Morgan fingerprint density at radius 3 is 2.33 bits per heavy atom. The molecule has 0 bridgehead atoms. The van der Waals surface area contributed by atoms with Crippen molar-refractivity contribution in [2.45, 2.75) is 25.6 Å². The van der Waals surface area contributed by atoms with Crippen molar-refractivity contribution in [2.75, 3.05) is 13.2 Å². The van der Waals surface area contributed by atoms with Gasteiger partial charge >= 0.3 is 12.1 Å². The number of esters is 1. The molecule has 1 heterocycles. The molecule has 0 saturated heterocycles. The maximum absolute atomic E-state index is 12.5. The Hall–Kier alpha value is -2.83. The highest BCUT2D eigenvalue weighted by Crippen LogP contribution is 2.29. The molecule has 0 aromatic heterocycles. The largest absolute Gasteiger partial charge is 0.455 e. The molecule has 0 aliphatic carbocycles. The van der Waals surface area contributed by atoms with E-state index in [1.54, 1.807) is 4.90 Å². The van der Waals surface area contributed by atoms with Crippen molar-refractivity contribution in [1.29, 1.82) is 0 Å². The minimum absolute atomic E-state index is 0.186. The third-order valence-corrected chi connectivity index (χ3v) is 4.47. The molecule has 2 aromatic rings. The maximum atomic E-state index is 12.5. The highest BCUT2D eigenvalue weighted by Gasteiger charge is 2.30. The molecule has 4 nitrogen and oxygen atoms in total. The zero-order valence-electron chi connectivity index (χ0n) is 14.5. The second-order valence-electron chi connectivity index (χ2n) is 6.37. The summed E-state index contributed by atoms with van der Waals surface area (Å²) in [5.74, 6) is -0.939. The topological polar surface area (TPSA) is 46.6 Å². The summed E-state index contributed by atoms with van der Waals surface area (Å²) < 4.78 is 42.6. The first kappa shape index (κ1) is 18.9. The first-order valence-electron chi connectivity index (χ1n) is 8.49. The zero-order valence-corrected chi connectivity index (χ0v) is 14.5. The average Bonchev–Trinajstić information content (AvgIpc) is 2.65. The standard InChI is InChI=1S/C20H18F3NO3/c21-20(22,23)17-7-5-14(6-8-17)11-19(26)27-13-18(25)24-10-9-15-3-1-2-4-16(15)12-24/h1-8H,9-13H2. The molecule has 0 radical (unpaired) electrons. The van der Waals surface area contributed by atoms with E-state index >= 15 is 0 Å². The quantitative estimate of drug-likeness (QED) is 0.768. The molecule has 1 aliphatic rings. The van der Waals surface area contributed by atoms with Crippen molar-refractivity contribution in [3.63, 3.8) is 0 Å². The van der Waals surface area contributed by atoms with Crippen molar-refractivity contribution in [3.05, 3.63) is 70.8 Å². The predicted molar refractivity (Wildman–Crippen MR) is 91.7 cm³/mol. The van der Waals surface area contributed by atoms with E-state index in [1.807, 2.05) is 24.3 Å². The lowest BCUT2D eigenvalue weighted by Gasteiger charge is -2.28. The molecule has 0 saturated carbocycles. The van der Waals surface area contributed by atoms with Crippen LogP contribution in [0.15, 0.2) is 48.5 Å². The fourth-order valence-corrected chi connectivity index (χ4v) is 2.97. The Balaban J connectivity index is 1.48. The fraction of sp³-hybridized carbons (Fsp3) is 0.300. The number of ether oxygens (including phenoxy) is 1. The van der Waals surface area contributed by atoms with Crippen molar-refractivity contribution >= 4 is 11.9 Å². The third kappa shape index (κ3) is 4.87. The minimum atomic E-state index is -4.42. The minimum Gasteiger partial charge on any atom is -0.455 e. The fourth-order valence-electron chi connectivity index (χ4n) is 2.97. The Morgan fingerprint density at radius 2 is 1.67 bits per heavy atom. The molecular weight excluding hydrogens is 359 g/mol. The van der Waals surface area contributed by atoms with Crippen LogP contribution in [0.5, 0.6) is 0 Å². The van der Waals surface area contributed by atoms with Gasteiger partial charge in [-0.3, -0.25) is 9.59 Å². The van der Waals surface area contributed by atoms with Crippen LogP contribution in [-0.2, 0) is 39.9 Å². The molecule has 0 N–H and O–H groups in total. The highest BCUT2D eigenvalue weighted by atomic mass is 19.4. The number of fused-ring (bicyclic) bond motifs is 1. The third-order valence-electron chi connectivity index (χ3n) is 4.47.